The molecule has 0 radical (unpaired) electrons. The van der Waals surface area contributed by atoms with Gasteiger partial charge < -0.3 is 43.4 Å². The van der Waals surface area contributed by atoms with Crippen LogP contribution in [0.15, 0.2) is 0 Å². The van der Waals surface area contributed by atoms with Crippen LogP contribution in [0.1, 0.15) is 32.6 Å². The monoisotopic (exact) mass is 446 g/mol. The van der Waals surface area contributed by atoms with E-state index in [0.29, 0.717) is 0 Å². The Kier molecular flexibility index (Phi) is 11.2. The quantitative estimate of drug-likeness (QED) is 0.126. The van der Waals surface area contributed by atoms with Crippen LogP contribution in [-0.2, 0) is 33.6 Å². The fourth-order valence-electron chi connectivity index (χ4n) is 2.19. The summed E-state index contributed by atoms with van der Waals surface area (Å²) in [5.74, 6) is -7.91. The summed E-state index contributed by atoms with van der Waals surface area (Å²) in [7, 11) is 0. The van der Waals surface area contributed by atoms with Gasteiger partial charge in [0.15, 0.2) is 0 Å². The number of hydrogen-bond donors (Lipinski definition) is 8. The third-order valence-corrected chi connectivity index (χ3v) is 3.75. The van der Waals surface area contributed by atoms with Gasteiger partial charge in [-0.2, -0.15) is 0 Å². The van der Waals surface area contributed by atoms with Crippen LogP contribution in [0.3, 0.4) is 0 Å². The Labute approximate surface area is 176 Å². The number of hydrogen-bond acceptors (Lipinski definition) is 8. The molecule has 0 aliphatic carbocycles. The fraction of sp³-hybridized carbons (Fsp3) is 0.562. The first-order valence-electron chi connectivity index (χ1n) is 8.92. The molecule has 11 N–H and O–H groups in total. The molecular formula is C16H26N6O9. The van der Waals surface area contributed by atoms with E-state index in [1.54, 1.807) is 0 Å². The van der Waals surface area contributed by atoms with Crippen molar-refractivity contribution in [3.8, 4) is 0 Å². The summed E-state index contributed by atoms with van der Waals surface area (Å²) in [5, 5.41) is 24.0. The van der Waals surface area contributed by atoms with Crippen molar-refractivity contribution in [2.24, 2.45) is 17.2 Å². The zero-order valence-electron chi connectivity index (χ0n) is 16.6. The minimum atomic E-state index is -1.68. The molecule has 174 valence electrons. The minimum Gasteiger partial charge on any atom is -0.481 e. The largest absolute Gasteiger partial charge is 0.481 e. The Morgan fingerprint density at radius 1 is 0.742 bits per heavy atom. The lowest BCUT2D eigenvalue weighted by Gasteiger charge is -2.23. The highest BCUT2D eigenvalue weighted by atomic mass is 16.4. The molecule has 15 heteroatoms. The van der Waals surface area contributed by atoms with Gasteiger partial charge in [-0.25, -0.2) is 4.79 Å². The van der Waals surface area contributed by atoms with E-state index in [-0.39, 0.29) is 0 Å². The van der Waals surface area contributed by atoms with E-state index < -0.39 is 91.3 Å². The lowest BCUT2D eigenvalue weighted by Crippen LogP contribution is -2.58. The molecule has 0 aromatic carbocycles. The summed E-state index contributed by atoms with van der Waals surface area (Å²) in [5.41, 5.74) is 15.5. The number of carbonyl (C=O) groups excluding carboxylic acids is 5. The van der Waals surface area contributed by atoms with E-state index in [9.17, 15) is 33.6 Å². The van der Waals surface area contributed by atoms with Crippen molar-refractivity contribution < 1.29 is 43.8 Å². The molecule has 4 atom stereocenters. The molecule has 0 aromatic heterocycles. The summed E-state index contributed by atoms with van der Waals surface area (Å²) in [6, 6.07) is -5.89. The van der Waals surface area contributed by atoms with Crippen molar-refractivity contribution in [1.82, 2.24) is 16.0 Å². The van der Waals surface area contributed by atoms with Crippen LogP contribution in [0.2, 0.25) is 0 Å². The zero-order valence-corrected chi connectivity index (χ0v) is 16.6. The van der Waals surface area contributed by atoms with E-state index >= 15 is 0 Å². The lowest BCUT2D eigenvalue weighted by molar-refractivity contribution is -0.143. The number of nitrogens with two attached hydrogens (primary N) is 3. The van der Waals surface area contributed by atoms with Gasteiger partial charge in [-0.1, -0.05) is 0 Å². The Bertz CT molecular complexity index is 739. The zero-order chi connectivity index (χ0) is 24.3. The maximum atomic E-state index is 12.5. The number of carboxylic acid groups (broad SMARTS) is 2. The molecule has 15 nitrogen and oxygen atoms in total. The van der Waals surface area contributed by atoms with Crippen molar-refractivity contribution in [2.45, 2.75) is 56.8 Å². The van der Waals surface area contributed by atoms with Crippen molar-refractivity contribution >= 4 is 41.5 Å². The summed E-state index contributed by atoms with van der Waals surface area (Å²) < 4.78 is 0. The topological polar surface area (TPSA) is 274 Å². The standard InChI is InChI=1S/C16H26N6O9/c1-6(17)13(27)21-8(4-10(18)23)15(29)22-9(5-11(19)24)14(28)20-7(16(30)31)2-3-12(25)26/h6-9H,2-5,17H2,1H3,(H2,18,23)(H2,19,24)(H,20,28)(H,21,27)(H,22,29)(H,25,26)(H,30,31). The van der Waals surface area contributed by atoms with Crippen LogP contribution >= 0.6 is 0 Å². The molecule has 4 unspecified atom stereocenters. The molecule has 0 bridgehead atoms. The van der Waals surface area contributed by atoms with E-state index in [1.807, 2.05) is 5.32 Å². The molecule has 0 aliphatic rings. The molecule has 0 spiro atoms. The minimum absolute atomic E-state index is 0.470. The van der Waals surface area contributed by atoms with Gasteiger partial charge in [-0.15, -0.1) is 0 Å². The molecule has 0 heterocycles. The van der Waals surface area contributed by atoms with Gasteiger partial charge in [0.2, 0.25) is 29.5 Å². The van der Waals surface area contributed by atoms with Crippen molar-refractivity contribution in [3.05, 3.63) is 0 Å². The van der Waals surface area contributed by atoms with Crippen molar-refractivity contribution in [1.29, 1.82) is 0 Å². The number of amides is 5. The number of carbonyl (C=O) groups is 7. The SMILES string of the molecule is CC(N)C(=O)NC(CC(N)=O)C(=O)NC(CC(N)=O)C(=O)NC(CCC(=O)O)C(=O)O. The smallest absolute Gasteiger partial charge is 0.326 e. The number of carboxylic acids is 2. The second kappa shape index (κ2) is 12.7. The maximum absolute atomic E-state index is 12.5. The first kappa shape index (κ1) is 27.2. The molecule has 0 rings (SSSR count). The second-order valence-corrected chi connectivity index (χ2v) is 6.58. The first-order chi connectivity index (χ1) is 14.2. The molecule has 0 saturated heterocycles. The molecular weight excluding hydrogens is 420 g/mol. The van der Waals surface area contributed by atoms with Crippen LogP contribution in [-0.4, -0.2) is 75.9 Å². The van der Waals surface area contributed by atoms with Crippen molar-refractivity contribution in [2.75, 3.05) is 0 Å². The number of nitrogens with one attached hydrogen (secondary N) is 3. The second-order valence-electron chi connectivity index (χ2n) is 6.58. The third-order valence-electron chi connectivity index (χ3n) is 3.75. The lowest BCUT2D eigenvalue weighted by atomic mass is 10.1. The number of primary amides is 2. The van der Waals surface area contributed by atoms with Crippen LogP contribution in [0.25, 0.3) is 0 Å². The molecule has 5 amide bonds. The summed E-state index contributed by atoms with van der Waals surface area (Å²) in [6.45, 7) is 1.31. The fourth-order valence-corrected chi connectivity index (χ4v) is 2.19. The van der Waals surface area contributed by atoms with Crippen molar-refractivity contribution in [3.63, 3.8) is 0 Å². The predicted molar refractivity (Wildman–Crippen MR) is 102 cm³/mol. The Morgan fingerprint density at radius 3 is 1.45 bits per heavy atom. The normalized spacial score (nSPS) is 14.3. The highest BCUT2D eigenvalue weighted by Crippen LogP contribution is 2.02. The van der Waals surface area contributed by atoms with Gasteiger partial charge in [0.1, 0.15) is 18.1 Å². The van der Waals surface area contributed by atoms with Gasteiger partial charge in [0.05, 0.1) is 18.9 Å². The number of aliphatic carboxylic acids is 2. The van der Waals surface area contributed by atoms with E-state index in [4.69, 9.17) is 27.4 Å². The average molecular weight is 446 g/mol. The van der Waals surface area contributed by atoms with Crippen LogP contribution in [0.4, 0.5) is 0 Å². The van der Waals surface area contributed by atoms with E-state index in [2.05, 4.69) is 10.6 Å². The van der Waals surface area contributed by atoms with Gasteiger partial charge in [0.25, 0.3) is 0 Å². The van der Waals surface area contributed by atoms with Crippen LogP contribution in [0.5, 0.6) is 0 Å². The first-order valence-corrected chi connectivity index (χ1v) is 8.92. The Balaban J connectivity index is 5.47. The highest BCUT2D eigenvalue weighted by molar-refractivity contribution is 5.97. The van der Waals surface area contributed by atoms with E-state index in [1.165, 1.54) is 6.92 Å². The van der Waals surface area contributed by atoms with Crippen LogP contribution in [0, 0.1) is 0 Å². The molecule has 0 fully saturated rings. The average Bonchev–Trinajstić information content (AvgIpc) is 2.62. The molecule has 0 aromatic rings. The van der Waals surface area contributed by atoms with Gasteiger partial charge in [0, 0.05) is 6.42 Å². The van der Waals surface area contributed by atoms with Gasteiger partial charge in [-0.05, 0) is 13.3 Å². The molecule has 0 aliphatic heterocycles. The summed E-state index contributed by atoms with van der Waals surface area (Å²) in [6.07, 6.45) is -2.46. The number of rotatable bonds is 14. The van der Waals surface area contributed by atoms with Gasteiger partial charge in [-0.3, -0.25) is 28.8 Å². The Hall–Kier alpha value is -3.75. The predicted octanol–water partition coefficient (Wildman–Crippen LogP) is -4.51. The maximum Gasteiger partial charge on any atom is 0.326 e. The molecule has 31 heavy (non-hydrogen) atoms. The van der Waals surface area contributed by atoms with E-state index in [0.717, 1.165) is 0 Å². The summed E-state index contributed by atoms with van der Waals surface area (Å²) >= 11 is 0. The van der Waals surface area contributed by atoms with Gasteiger partial charge >= 0.3 is 11.9 Å². The summed E-state index contributed by atoms with van der Waals surface area (Å²) in [4.78, 5) is 81.0. The molecule has 0 saturated carbocycles. The third kappa shape index (κ3) is 11.1. The highest BCUT2D eigenvalue weighted by Gasteiger charge is 2.31. The van der Waals surface area contributed by atoms with Crippen LogP contribution < -0.4 is 33.2 Å². The Morgan fingerprint density at radius 2 is 1.13 bits per heavy atom.